The van der Waals surface area contributed by atoms with Crippen molar-refractivity contribution in [2.24, 2.45) is 0 Å². The summed E-state index contributed by atoms with van der Waals surface area (Å²) in [7, 11) is 0. The lowest BCUT2D eigenvalue weighted by atomic mass is 10.1. The lowest BCUT2D eigenvalue weighted by Gasteiger charge is -1.96. The highest BCUT2D eigenvalue weighted by molar-refractivity contribution is 6.08. The van der Waals surface area contributed by atoms with Crippen LogP contribution in [0.15, 0.2) is 24.4 Å². The summed E-state index contributed by atoms with van der Waals surface area (Å²) in [6, 6.07) is 5.53. The zero-order chi connectivity index (χ0) is 10.1. The minimum absolute atomic E-state index is 0.141. The fraction of sp³-hybridized carbons (Fsp3) is 0.182. The van der Waals surface area contributed by atoms with Crippen LogP contribution in [0.3, 0.4) is 0 Å². The molecular weight excluding hydrogens is 176 g/mol. The number of rotatable bonds is 2. The quantitative estimate of drug-likeness (QED) is 0.561. The molecule has 0 atom stereocenters. The fourth-order valence-corrected chi connectivity index (χ4v) is 1.56. The third kappa shape index (κ3) is 1.27. The Morgan fingerprint density at radius 1 is 1.50 bits per heavy atom. The van der Waals surface area contributed by atoms with Crippen molar-refractivity contribution < 1.29 is 4.79 Å². The topological polar surface area (TPSA) is 58.9 Å². The number of hydrogen-bond donors (Lipinski definition) is 2. The van der Waals surface area contributed by atoms with Gasteiger partial charge in [0.15, 0.2) is 5.78 Å². The highest BCUT2D eigenvalue weighted by Gasteiger charge is 2.09. The van der Waals surface area contributed by atoms with Crippen LogP contribution in [0.1, 0.15) is 23.7 Å². The molecule has 0 aliphatic rings. The SMILES string of the molecule is CCC(=O)c1c[nH]c2ccc(N)cc12. The van der Waals surface area contributed by atoms with Crippen LogP contribution in [-0.2, 0) is 0 Å². The predicted octanol–water partition coefficient (Wildman–Crippen LogP) is 2.34. The van der Waals surface area contributed by atoms with E-state index in [0.29, 0.717) is 12.1 Å². The average Bonchev–Trinajstić information content (AvgIpc) is 2.59. The van der Waals surface area contributed by atoms with Gasteiger partial charge >= 0.3 is 0 Å². The van der Waals surface area contributed by atoms with Crippen LogP contribution < -0.4 is 5.73 Å². The molecule has 0 radical (unpaired) electrons. The van der Waals surface area contributed by atoms with Gasteiger partial charge in [0.2, 0.25) is 0 Å². The van der Waals surface area contributed by atoms with E-state index in [0.717, 1.165) is 16.5 Å². The van der Waals surface area contributed by atoms with Gasteiger partial charge in [-0.1, -0.05) is 6.92 Å². The van der Waals surface area contributed by atoms with Crippen LogP contribution in [0.2, 0.25) is 0 Å². The molecule has 0 fully saturated rings. The lowest BCUT2D eigenvalue weighted by molar-refractivity contribution is 0.0990. The molecular formula is C11H12N2O. The Bertz CT molecular complexity index is 485. The van der Waals surface area contributed by atoms with Gasteiger partial charge in [-0.15, -0.1) is 0 Å². The van der Waals surface area contributed by atoms with Crippen LogP contribution in [0.5, 0.6) is 0 Å². The molecule has 14 heavy (non-hydrogen) atoms. The van der Waals surface area contributed by atoms with E-state index in [-0.39, 0.29) is 5.78 Å². The van der Waals surface area contributed by atoms with Crippen molar-refractivity contribution in [1.29, 1.82) is 0 Å². The monoisotopic (exact) mass is 188 g/mol. The maximum atomic E-state index is 11.5. The third-order valence-electron chi connectivity index (χ3n) is 2.33. The number of nitrogens with two attached hydrogens (primary N) is 1. The number of nitrogen functional groups attached to an aromatic ring is 1. The van der Waals surface area contributed by atoms with Crippen molar-refractivity contribution in [1.82, 2.24) is 4.98 Å². The van der Waals surface area contributed by atoms with Crippen LogP contribution in [0.4, 0.5) is 5.69 Å². The Morgan fingerprint density at radius 2 is 2.29 bits per heavy atom. The van der Waals surface area contributed by atoms with Crippen molar-refractivity contribution >= 4 is 22.4 Å². The highest BCUT2D eigenvalue weighted by atomic mass is 16.1. The number of Topliss-reactive ketones (excluding diaryl/α,β-unsaturated/α-hetero) is 1. The normalized spacial score (nSPS) is 10.6. The summed E-state index contributed by atoms with van der Waals surface area (Å²) >= 11 is 0. The smallest absolute Gasteiger partial charge is 0.164 e. The number of anilines is 1. The first-order valence-electron chi connectivity index (χ1n) is 4.62. The van der Waals surface area contributed by atoms with Crippen LogP contribution >= 0.6 is 0 Å². The Balaban J connectivity index is 2.67. The first kappa shape index (κ1) is 8.81. The van der Waals surface area contributed by atoms with Crippen LogP contribution in [0.25, 0.3) is 10.9 Å². The van der Waals surface area contributed by atoms with Gasteiger partial charge in [0.05, 0.1) is 0 Å². The van der Waals surface area contributed by atoms with E-state index in [1.807, 2.05) is 25.1 Å². The predicted molar refractivity (Wildman–Crippen MR) is 57.3 cm³/mol. The molecule has 0 unspecified atom stereocenters. The first-order valence-corrected chi connectivity index (χ1v) is 4.62. The number of carbonyl (C=O) groups excluding carboxylic acids is 1. The number of hydrogen-bond acceptors (Lipinski definition) is 2. The molecule has 1 aromatic carbocycles. The number of aromatic nitrogens is 1. The molecule has 0 aliphatic heterocycles. The summed E-state index contributed by atoms with van der Waals surface area (Å²) in [5.41, 5.74) is 8.04. The molecule has 0 spiro atoms. The number of carbonyl (C=O) groups is 1. The minimum atomic E-state index is 0.141. The van der Waals surface area contributed by atoms with Gasteiger partial charge in [0.1, 0.15) is 0 Å². The number of aromatic amines is 1. The van der Waals surface area contributed by atoms with Gasteiger partial charge in [-0.05, 0) is 18.2 Å². The number of ketones is 1. The van der Waals surface area contributed by atoms with Gasteiger partial charge in [-0.25, -0.2) is 0 Å². The Labute approximate surface area is 81.9 Å². The fourth-order valence-electron chi connectivity index (χ4n) is 1.56. The van der Waals surface area contributed by atoms with Gasteiger partial charge in [-0.3, -0.25) is 4.79 Å². The van der Waals surface area contributed by atoms with E-state index >= 15 is 0 Å². The molecule has 1 aromatic heterocycles. The number of H-pyrrole nitrogens is 1. The van der Waals surface area contributed by atoms with Crippen LogP contribution in [0, 0.1) is 0 Å². The summed E-state index contributed by atoms with van der Waals surface area (Å²) in [4.78, 5) is 14.6. The molecule has 72 valence electrons. The Hall–Kier alpha value is -1.77. The van der Waals surface area contributed by atoms with Crippen LogP contribution in [-0.4, -0.2) is 10.8 Å². The lowest BCUT2D eigenvalue weighted by Crippen LogP contribution is -1.94. The first-order chi connectivity index (χ1) is 6.72. The standard InChI is InChI=1S/C11H12N2O/c1-2-11(14)9-6-13-10-4-3-7(12)5-8(9)10/h3-6,13H,2,12H2,1H3. The van der Waals surface area contributed by atoms with Gasteiger partial charge in [-0.2, -0.15) is 0 Å². The molecule has 0 saturated heterocycles. The van der Waals surface area contributed by atoms with Crippen molar-refractivity contribution in [3.05, 3.63) is 30.0 Å². The summed E-state index contributed by atoms with van der Waals surface area (Å²) in [6.45, 7) is 1.85. The van der Waals surface area contributed by atoms with Crippen molar-refractivity contribution in [2.75, 3.05) is 5.73 Å². The average molecular weight is 188 g/mol. The molecule has 2 rings (SSSR count). The summed E-state index contributed by atoms with van der Waals surface area (Å²) in [5.74, 6) is 0.141. The largest absolute Gasteiger partial charge is 0.399 e. The van der Waals surface area contributed by atoms with Crippen molar-refractivity contribution in [3.63, 3.8) is 0 Å². The van der Waals surface area contributed by atoms with E-state index in [4.69, 9.17) is 5.73 Å². The maximum Gasteiger partial charge on any atom is 0.164 e. The molecule has 0 bridgehead atoms. The molecule has 3 N–H and O–H groups in total. The zero-order valence-electron chi connectivity index (χ0n) is 8.00. The van der Waals surface area contributed by atoms with E-state index in [9.17, 15) is 4.79 Å². The zero-order valence-corrected chi connectivity index (χ0v) is 8.00. The number of fused-ring (bicyclic) bond motifs is 1. The van der Waals surface area contributed by atoms with E-state index in [1.54, 1.807) is 6.20 Å². The van der Waals surface area contributed by atoms with E-state index < -0.39 is 0 Å². The van der Waals surface area contributed by atoms with E-state index in [1.165, 1.54) is 0 Å². The third-order valence-corrected chi connectivity index (χ3v) is 2.33. The summed E-state index contributed by atoms with van der Waals surface area (Å²) in [5, 5.41) is 0.914. The van der Waals surface area contributed by atoms with Gasteiger partial charge in [0.25, 0.3) is 0 Å². The molecule has 1 heterocycles. The minimum Gasteiger partial charge on any atom is -0.399 e. The summed E-state index contributed by atoms with van der Waals surface area (Å²) < 4.78 is 0. The second-order valence-corrected chi connectivity index (χ2v) is 3.28. The van der Waals surface area contributed by atoms with Gasteiger partial charge in [0, 0.05) is 34.8 Å². The molecule has 0 amide bonds. The Morgan fingerprint density at radius 3 is 3.00 bits per heavy atom. The molecule has 3 nitrogen and oxygen atoms in total. The molecule has 3 heteroatoms. The molecule has 0 aliphatic carbocycles. The second kappa shape index (κ2) is 3.18. The number of benzene rings is 1. The van der Waals surface area contributed by atoms with Crippen molar-refractivity contribution in [3.8, 4) is 0 Å². The molecule has 0 saturated carbocycles. The maximum absolute atomic E-state index is 11.5. The highest BCUT2D eigenvalue weighted by Crippen LogP contribution is 2.21. The number of nitrogens with one attached hydrogen (secondary N) is 1. The summed E-state index contributed by atoms with van der Waals surface area (Å²) in [6.07, 6.45) is 2.26. The Kier molecular flexibility index (Phi) is 2.00. The van der Waals surface area contributed by atoms with Crippen molar-refractivity contribution in [2.45, 2.75) is 13.3 Å². The van der Waals surface area contributed by atoms with Gasteiger partial charge < -0.3 is 10.7 Å². The molecule has 2 aromatic rings. The van der Waals surface area contributed by atoms with E-state index in [2.05, 4.69) is 4.98 Å². The second-order valence-electron chi connectivity index (χ2n) is 3.28.